The summed E-state index contributed by atoms with van der Waals surface area (Å²) in [5, 5.41) is 10.1. The van der Waals surface area contributed by atoms with Crippen molar-refractivity contribution in [2.24, 2.45) is 0 Å². The fourth-order valence-corrected chi connectivity index (χ4v) is 4.03. The highest BCUT2D eigenvalue weighted by Crippen LogP contribution is 2.41. The average Bonchev–Trinajstić information content (AvgIpc) is 2.68. The number of rotatable bonds is 4. The van der Waals surface area contributed by atoms with Crippen LogP contribution in [0.5, 0.6) is 0 Å². The molecule has 0 radical (unpaired) electrons. The first kappa shape index (κ1) is 12.9. The SMILES string of the molecule is CS(=O)(=O)CCC(O)C1CSc2ccccc21. The molecule has 1 aliphatic heterocycles. The van der Waals surface area contributed by atoms with Crippen molar-refractivity contribution in [1.29, 1.82) is 0 Å². The van der Waals surface area contributed by atoms with Gasteiger partial charge in [-0.2, -0.15) is 0 Å². The third-order valence-electron chi connectivity index (χ3n) is 2.99. The zero-order valence-corrected chi connectivity index (χ0v) is 11.3. The van der Waals surface area contributed by atoms with E-state index >= 15 is 0 Å². The summed E-state index contributed by atoms with van der Waals surface area (Å²) in [5.41, 5.74) is 1.15. The van der Waals surface area contributed by atoms with Gasteiger partial charge in [0.2, 0.25) is 0 Å². The molecule has 0 saturated heterocycles. The molecule has 1 aromatic rings. The van der Waals surface area contributed by atoms with Gasteiger partial charge in [0.1, 0.15) is 9.84 Å². The molecule has 0 aliphatic carbocycles. The molecular formula is C12H16O3S2. The Labute approximate surface area is 106 Å². The Kier molecular flexibility index (Phi) is 3.80. The van der Waals surface area contributed by atoms with E-state index in [1.165, 1.54) is 11.2 Å². The highest BCUT2D eigenvalue weighted by molar-refractivity contribution is 7.99. The number of hydrogen-bond acceptors (Lipinski definition) is 4. The van der Waals surface area contributed by atoms with Crippen LogP contribution in [0.4, 0.5) is 0 Å². The van der Waals surface area contributed by atoms with Crippen molar-refractivity contribution >= 4 is 21.6 Å². The van der Waals surface area contributed by atoms with E-state index in [4.69, 9.17) is 0 Å². The Balaban J connectivity index is 2.05. The lowest BCUT2D eigenvalue weighted by molar-refractivity contribution is 0.148. The molecule has 1 heterocycles. The maximum atomic E-state index is 11.1. The molecule has 2 atom stereocenters. The Morgan fingerprint density at radius 1 is 1.47 bits per heavy atom. The molecule has 0 amide bonds. The molecule has 17 heavy (non-hydrogen) atoms. The van der Waals surface area contributed by atoms with E-state index in [2.05, 4.69) is 0 Å². The smallest absolute Gasteiger partial charge is 0.147 e. The molecule has 0 spiro atoms. The predicted octanol–water partition coefficient (Wildman–Crippen LogP) is 1.67. The number of aliphatic hydroxyl groups is 1. The van der Waals surface area contributed by atoms with Crippen molar-refractivity contribution in [3.8, 4) is 0 Å². The molecule has 5 heteroatoms. The fourth-order valence-electron chi connectivity index (χ4n) is 2.04. The lowest BCUT2D eigenvalue weighted by Gasteiger charge is -2.17. The number of sulfone groups is 1. The minimum Gasteiger partial charge on any atom is -0.392 e. The monoisotopic (exact) mass is 272 g/mol. The Hall–Kier alpha value is -0.520. The fraction of sp³-hybridized carbons (Fsp3) is 0.500. The molecule has 1 aromatic carbocycles. The van der Waals surface area contributed by atoms with E-state index in [1.54, 1.807) is 11.8 Å². The van der Waals surface area contributed by atoms with E-state index in [1.807, 2.05) is 24.3 Å². The minimum atomic E-state index is -2.99. The number of aliphatic hydroxyl groups excluding tert-OH is 1. The van der Waals surface area contributed by atoms with Gasteiger partial charge in [-0.05, 0) is 18.1 Å². The van der Waals surface area contributed by atoms with Gasteiger partial charge in [0.25, 0.3) is 0 Å². The summed E-state index contributed by atoms with van der Waals surface area (Å²) in [5.74, 6) is 0.958. The summed E-state index contributed by atoms with van der Waals surface area (Å²) < 4.78 is 22.2. The average molecular weight is 272 g/mol. The van der Waals surface area contributed by atoms with E-state index in [0.717, 1.165) is 11.3 Å². The molecule has 2 unspecified atom stereocenters. The third kappa shape index (κ3) is 3.24. The van der Waals surface area contributed by atoms with Crippen LogP contribution in [0.2, 0.25) is 0 Å². The van der Waals surface area contributed by atoms with Gasteiger partial charge < -0.3 is 5.11 Å². The molecule has 94 valence electrons. The molecule has 0 fully saturated rings. The summed E-state index contributed by atoms with van der Waals surface area (Å²) in [4.78, 5) is 1.20. The molecule has 2 rings (SSSR count). The van der Waals surface area contributed by atoms with E-state index in [9.17, 15) is 13.5 Å². The van der Waals surface area contributed by atoms with Gasteiger partial charge in [-0.25, -0.2) is 8.42 Å². The van der Waals surface area contributed by atoms with Gasteiger partial charge in [-0.3, -0.25) is 0 Å². The van der Waals surface area contributed by atoms with Crippen LogP contribution in [0.25, 0.3) is 0 Å². The maximum absolute atomic E-state index is 11.1. The first-order chi connectivity index (χ1) is 7.97. The van der Waals surface area contributed by atoms with Crippen LogP contribution in [-0.2, 0) is 9.84 Å². The molecular weight excluding hydrogens is 256 g/mol. The van der Waals surface area contributed by atoms with Crippen LogP contribution in [0.15, 0.2) is 29.2 Å². The van der Waals surface area contributed by atoms with Crippen LogP contribution in [0.3, 0.4) is 0 Å². The molecule has 1 aliphatic rings. The zero-order chi connectivity index (χ0) is 12.5. The highest BCUT2D eigenvalue weighted by Gasteiger charge is 2.29. The first-order valence-corrected chi connectivity index (χ1v) is 8.59. The van der Waals surface area contributed by atoms with Crippen LogP contribution >= 0.6 is 11.8 Å². The summed E-state index contributed by atoms with van der Waals surface area (Å²) >= 11 is 1.73. The molecule has 0 bridgehead atoms. The largest absolute Gasteiger partial charge is 0.392 e. The minimum absolute atomic E-state index is 0.0531. The van der Waals surface area contributed by atoms with Crippen molar-refractivity contribution < 1.29 is 13.5 Å². The molecule has 1 N–H and O–H groups in total. The Morgan fingerprint density at radius 3 is 2.88 bits per heavy atom. The number of thioether (sulfide) groups is 1. The first-order valence-electron chi connectivity index (χ1n) is 5.55. The lowest BCUT2D eigenvalue weighted by Crippen LogP contribution is -2.21. The van der Waals surface area contributed by atoms with E-state index < -0.39 is 15.9 Å². The summed E-state index contributed by atoms with van der Waals surface area (Å²) in [6, 6.07) is 8.01. The van der Waals surface area contributed by atoms with E-state index in [0.29, 0.717) is 6.42 Å². The van der Waals surface area contributed by atoms with Crippen molar-refractivity contribution in [2.75, 3.05) is 17.8 Å². The Morgan fingerprint density at radius 2 is 2.18 bits per heavy atom. The van der Waals surface area contributed by atoms with E-state index in [-0.39, 0.29) is 11.7 Å². The Bertz CT molecular complexity index is 496. The summed E-state index contributed by atoms with van der Waals surface area (Å²) in [7, 11) is -2.99. The molecule has 0 saturated carbocycles. The number of fused-ring (bicyclic) bond motifs is 1. The second kappa shape index (κ2) is 5.00. The summed E-state index contributed by atoms with van der Waals surface area (Å²) in [6.07, 6.45) is 0.955. The van der Waals surface area contributed by atoms with Crippen molar-refractivity contribution in [2.45, 2.75) is 23.3 Å². The van der Waals surface area contributed by atoms with Crippen LogP contribution in [0, 0.1) is 0 Å². The van der Waals surface area contributed by atoms with Crippen molar-refractivity contribution in [1.82, 2.24) is 0 Å². The number of benzene rings is 1. The van der Waals surface area contributed by atoms with Gasteiger partial charge in [-0.1, -0.05) is 18.2 Å². The predicted molar refractivity (Wildman–Crippen MR) is 70.2 cm³/mol. The van der Waals surface area contributed by atoms with Crippen LogP contribution in [-0.4, -0.2) is 37.4 Å². The van der Waals surface area contributed by atoms with Gasteiger partial charge in [0.05, 0.1) is 11.9 Å². The van der Waals surface area contributed by atoms with Gasteiger partial charge >= 0.3 is 0 Å². The van der Waals surface area contributed by atoms with Crippen LogP contribution in [0.1, 0.15) is 17.9 Å². The van der Waals surface area contributed by atoms with Gasteiger partial charge in [-0.15, -0.1) is 11.8 Å². The second-order valence-corrected chi connectivity index (χ2v) is 7.76. The number of hydrogen-bond donors (Lipinski definition) is 1. The topological polar surface area (TPSA) is 54.4 Å². The van der Waals surface area contributed by atoms with Crippen molar-refractivity contribution in [3.63, 3.8) is 0 Å². The third-order valence-corrected chi connectivity index (χ3v) is 5.17. The lowest BCUT2D eigenvalue weighted by atomic mass is 9.94. The standard InChI is InChI=1S/C12H16O3S2/c1-17(14,15)7-6-11(13)10-8-16-12-5-3-2-4-9(10)12/h2-5,10-11,13H,6-8H2,1H3. The van der Waals surface area contributed by atoms with Gasteiger partial charge in [0.15, 0.2) is 0 Å². The normalized spacial score (nSPS) is 21.2. The summed E-state index contributed by atoms with van der Waals surface area (Å²) in [6.45, 7) is 0. The van der Waals surface area contributed by atoms with Crippen molar-refractivity contribution in [3.05, 3.63) is 29.8 Å². The second-order valence-electron chi connectivity index (χ2n) is 4.44. The van der Waals surface area contributed by atoms with Gasteiger partial charge in [0, 0.05) is 22.8 Å². The molecule has 0 aromatic heterocycles. The highest BCUT2D eigenvalue weighted by atomic mass is 32.2. The zero-order valence-electron chi connectivity index (χ0n) is 9.67. The maximum Gasteiger partial charge on any atom is 0.147 e. The molecule has 3 nitrogen and oxygen atoms in total. The quantitative estimate of drug-likeness (QED) is 0.906. The van der Waals surface area contributed by atoms with Crippen LogP contribution < -0.4 is 0 Å².